The van der Waals surface area contributed by atoms with E-state index in [9.17, 15) is 27.9 Å². The number of piperidine rings is 1. The van der Waals surface area contributed by atoms with E-state index in [1.165, 1.54) is 16.4 Å². The number of amides is 1. The van der Waals surface area contributed by atoms with Gasteiger partial charge < -0.3 is 15.0 Å². The molecular weight excluding hydrogens is 553 g/mol. The molecular formula is C26H27Cl2N3O6S. The third kappa shape index (κ3) is 5.31. The average Bonchev–Trinajstić information content (AvgIpc) is 3.23. The van der Waals surface area contributed by atoms with Gasteiger partial charge in [-0.15, -0.1) is 0 Å². The number of hydrogen-bond donors (Lipinski definition) is 2. The predicted octanol–water partition coefficient (Wildman–Crippen LogP) is 4.21. The number of ketones is 1. The largest absolute Gasteiger partial charge is 0.478 e. The highest BCUT2D eigenvalue weighted by molar-refractivity contribution is 7.89. The zero-order valence-corrected chi connectivity index (χ0v) is 23.2. The Morgan fingerprint density at radius 3 is 2.42 bits per heavy atom. The molecule has 0 radical (unpaired) electrons. The van der Waals surface area contributed by atoms with Gasteiger partial charge in [-0.05, 0) is 48.7 Å². The molecule has 1 amide bonds. The zero-order chi connectivity index (χ0) is 27.8. The molecule has 1 fully saturated rings. The lowest BCUT2D eigenvalue weighted by Gasteiger charge is -2.43. The van der Waals surface area contributed by atoms with Crippen molar-refractivity contribution in [2.24, 2.45) is 7.05 Å². The van der Waals surface area contributed by atoms with E-state index in [1.54, 1.807) is 48.9 Å². The summed E-state index contributed by atoms with van der Waals surface area (Å²) in [7, 11) is -2.22. The van der Waals surface area contributed by atoms with Gasteiger partial charge in [0, 0.05) is 37.5 Å². The van der Waals surface area contributed by atoms with E-state index in [4.69, 9.17) is 23.2 Å². The van der Waals surface area contributed by atoms with Crippen molar-refractivity contribution in [3.8, 4) is 0 Å². The minimum Gasteiger partial charge on any atom is -0.478 e. The average molecular weight is 580 g/mol. The number of carboxylic acids is 1. The van der Waals surface area contributed by atoms with Crippen molar-refractivity contribution in [3.63, 3.8) is 0 Å². The number of nitrogens with zero attached hydrogens (tertiary/aromatic N) is 2. The number of carboxylic acid groups (broad SMARTS) is 1. The van der Waals surface area contributed by atoms with E-state index in [-0.39, 0.29) is 30.8 Å². The summed E-state index contributed by atoms with van der Waals surface area (Å²) in [6, 6.07) is 11.0. The van der Waals surface area contributed by atoms with Crippen molar-refractivity contribution in [3.05, 3.63) is 69.3 Å². The van der Waals surface area contributed by atoms with E-state index in [1.807, 2.05) is 0 Å². The number of carbonyl (C=O) groups excluding carboxylic acids is 2. The number of halogens is 2. The Hall–Kier alpha value is -2.92. The van der Waals surface area contributed by atoms with Crippen molar-refractivity contribution >= 4 is 61.8 Å². The molecule has 0 spiro atoms. The number of hydrogen-bond acceptors (Lipinski definition) is 5. The first-order valence-corrected chi connectivity index (χ1v) is 14.3. The van der Waals surface area contributed by atoms with Gasteiger partial charge >= 0.3 is 5.97 Å². The predicted molar refractivity (Wildman–Crippen MR) is 145 cm³/mol. The number of sulfonamides is 1. The maximum Gasteiger partial charge on any atom is 0.335 e. The van der Waals surface area contributed by atoms with Crippen molar-refractivity contribution in [2.45, 2.75) is 31.7 Å². The molecule has 0 bridgehead atoms. The third-order valence-electron chi connectivity index (χ3n) is 6.97. The summed E-state index contributed by atoms with van der Waals surface area (Å²) in [5.74, 6) is -2.59. The minimum atomic E-state index is -3.93. The number of benzene rings is 2. The van der Waals surface area contributed by atoms with Crippen molar-refractivity contribution in [2.75, 3.05) is 18.8 Å². The molecule has 1 unspecified atom stereocenters. The van der Waals surface area contributed by atoms with Crippen LogP contribution in [0.5, 0.6) is 0 Å². The second kappa shape index (κ2) is 10.7. The van der Waals surface area contributed by atoms with Crippen LogP contribution in [0.4, 0.5) is 0 Å². The van der Waals surface area contributed by atoms with Crippen LogP contribution in [0.15, 0.2) is 42.5 Å². The maximum atomic E-state index is 13.7. The molecule has 1 aliphatic heterocycles. The standard InChI is InChI=1S/C26H27Cl2N3O6S/c1-3-18(32)14-38(36,37)31-12-4-11-26(15-31,17-7-5-16(6-8-17)25(34)35)29-24(33)22-13-19-21(30(22)2)10-9-20(27)23(19)28/h5-10,13H,3-4,11-12,14-15H2,1-2H3,(H,29,33)(H,34,35). The molecule has 12 heteroatoms. The number of aromatic carboxylic acids is 1. The fourth-order valence-electron chi connectivity index (χ4n) is 4.84. The molecule has 202 valence electrons. The second-order valence-corrected chi connectivity index (χ2v) is 12.1. The Morgan fingerprint density at radius 1 is 1.11 bits per heavy atom. The van der Waals surface area contributed by atoms with Crippen molar-refractivity contribution < 1.29 is 27.9 Å². The maximum absolute atomic E-state index is 13.7. The van der Waals surface area contributed by atoms with Gasteiger partial charge in [-0.2, -0.15) is 4.31 Å². The highest BCUT2D eigenvalue weighted by Crippen LogP contribution is 2.36. The SMILES string of the molecule is CCC(=O)CS(=O)(=O)N1CCCC(NC(=O)c2cc3c(Cl)c(Cl)ccc3n2C)(c2ccc(C(=O)O)cc2)C1. The molecule has 4 rings (SSSR count). The summed E-state index contributed by atoms with van der Waals surface area (Å²) < 4.78 is 29.1. The van der Waals surface area contributed by atoms with Crippen molar-refractivity contribution in [1.82, 2.24) is 14.2 Å². The summed E-state index contributed by atoms with van der Waals surface area (Å²) in [4.78, 5) is 37.1. The van der Waals surface area contributed by atoms with Crippen LogP contribution in [0.25, 0.3) is 10.9 Å². The lowest BCUT2D eigenvalue weighted by atomic mass is 9.82. The summed E-state index contributed by atoms with van der Waals surface area (Å²) in [5.41, 5.74) is 0.413. The van der Waals surface area contributed by atoms with Gasteiger partial charge in [0.2, 0.25) is 10.0 Å². The first-order valence-electron chi connectivity index (χ1n) is 12.0. The number of fused-ring (bicyclic) bond motifs is 1. The van der Waals surface area contributed by atoms with E-state index >= 15 is 0 Å². The second-order valence-electron chi connectivity index (χ2n) is 9.39. The Bertz CT molecular complexity index is 1530. The van der Waals surface area contributed by atoms with Crippen LogP contribution in [0.1, 0.15) is 52.6 Å². The topological polar surface area (TPSA) is 126 Å². The smallest absolute Gasteiger partial charge is 0.335 e. The molecule has 3 aromatic rings. The highest BCUT2D eigenvalue weighted by Gasteiger charge is 2.43. The van der Waals surface area contributed by atoms with Gasteiger partial charge in [0.25, 0.3) is 5.91 Å². The van der Waals surface area contributed by atoms with E-state index in [2.05, 4.69) is 5.32 Å². The Labute approximate surface area is 230 Å². The van der Waals surface area contributed by atoms with E-state index in [0.717, 1.165) is 0 Å². The lowest BCUT2D eigenvalue weighted by molar-refractivity contribution is -0.116. The molecule has 38 heavy (non-hydrogen) atoms. The Balaban J connectivity index is 1.76. The van der Waals surface area contributed by atoms with Gasteiger partial charge in [0.05, 0.1) is 21.1 Å². The fraction of sp³-hybridized carbons (Fsp3) is 0.346. The zero-order valence-electron chi connectivity index (χ0n) is 20.8. The first-order chi connectivity index (χ1) is 17.9. The molecule has 0 saturated carbocycles. The van der Waals surface area contributed by atoms with Gasteiger partial charge in [0.1, 0.15) is 17.2 Å². The van der Waals surface area contributed by atoms with Gasteiger partial charge in [-0.25, -0.2) is 13.2 Å². The van der Waals surface area contributed by atoms with Crippen LogP contribution < -0.4 is 5.32 Å². The first kappa shape index (κ1) is 28.1. The summed E-state index contributed by atoms with van der Waals surface area (Å²) >= 11 is 12.5. The quantitative estimate of drug-likeness (QED) is 0.411. The number of aryl methyl sites for hydroxylation is 1. The van der Waals surface area contributed by atoms with E-state index < -0.39 is 39.0 Å². The van der Waals surface area contributed by atoms with Gasteiger partial charge in [0.15, 0.2) is 0 Å². The molecule has 2 heterocycles. The fourth-order valence-corrected chi connectivity index (χ4v) is 6.84. The number of Topliss-reactive ketones (excluding diaryl/α,β-unsaturated/α-hetero) is 1. The van der Waals surface area contributed by atoms with Gasteiger partial charge in [-0.1, -0.05) is 42.3 Å². The summed E-state index contributed by atoms with van der Waals surface area (Å²) in [6.07, 6.45) is 0.908. The number of nitrogens with one attached hydrogen (secondary N) is 1. The Kier molecular flexibility index (Phi) is 7.90. The number of carbonyl (C=O) groups is 3. The molecule has 1 saturated heterocycles. The summed E-state index contributed by atoms with van der Waals surface area (Å²) in [6.45, 7) is 1.69. The summed E-state index contributed by atoms with van der Waals surface area (Å²) in [5, 5.41) is 13.6. The molecule has 1 atom stereocenters. The molecule has 1 aromatic heterocycles. The molecule has 1 aliphatic rings. The Morgan fingerprint density at radius 2 is 1.79 bits per heavy atom. The molecule has 9 nitrogen and oxygen atoms in total. The van der Waals surface area contributed by atoms with Crippen LogP contribution in [-0.4, -0.2) is 58.9 Å². The monoisotopic (exact) mass is 579 g/mol. The third-order valence-corrected chi connectivity index (χ3v) is 9.58. The molecule has 2 N–H and O–H groups in total. The normalized spacial score (nSPS) is 18.4. The number of rotatable bonds is 8. The molecule has 2 aromatic carbocycles. The van der Waals surface area contributed by atoms with Crippen LogP contribution >= 0.6 is 23.2 Å². The van der Waals surface area contributed by atoms with Crippen LogP contribution in [-0.2, 0) is 27.4 Å². The lowest BCUT2D eigenvalue weighted by Crippen LogP contribution is -2.58. The highest BCUT2D eigenvalue weighted by atomic mass is 35.5. The van der Waals surface area contributed by atoms with Crippen LogP contribution in [0.3, 0.4) is 0 Å². The number of aromatic nitrogens is 1. The minimum absolute atomic E-state index is 0.0595. The van der Waals surface area contributed by atoms with Crippen molar-refractivity contribution in [1.29, 1.82) is 0 Å². The molecule has 0 aliphatic carbocycles. The van der Waals surface area contributed by atoms with E-state index in [0.29, 0.717) is 39.4 Å². The van der Waals surface area contributed by atoms with Crippen LogP contribution in [0, 0.1) is 0 Å². The van der Waals surface area contributed by atoms with Gasteiger partial charge in [-0.3, -0.25) is 9.59 Å². The van der Waals surface area contributed by atoms with Crippen LogP contribution in [0.2, 0.25) is 10.0 Å².